The number of ketones is 1. The number of aromatic nitrogens is 2. The molecule has 2 aromatic rings. The highest BCUT2D eigenvalue weighted by Crippen LogP contribution is 2.39. The Bertz CT molecular complexity index is 853. The molecule has 4 rings (SSSR count). The van der Waals surface area contributed by atoms with Crippen LogP contribution in [0.3, 0.4) is 0 Å². The van der Waals surface area contributed by atoms with Crippen molar-refractivity contribution in [1.82, 2.24) is 14.3 Å². The van der Waals surface area contributed by atoms with Crippen LogP contribution in [0.2, 0.25) is 0 Å². The molecular formula is C21H27N3O3. The molecule has 2 aromatic heterocycles. The fourth-order valence-electron chi connectivity index (χ4n) is 4.51. The van der Waals surface area contributed by atoms with Crippen LogP contribution >= 0.6 is 0 Å². The molecule has 0 aromatic carbocycles. The van der Waals surface area contributed by atoms with E-state index in [1.807, 2.05) is 54.6 Å². The average Bonchev–Trinajstić information content (AvgIpc) is 3.06. The van der Waals surface area contributed by atoms with Gasteiger partial charge in [-0.1, -0.05) is 0 Å². The van der Waals surface area contributed by atoms with Crippen molar-refractivity contribution in [2.24, 2.45) is 5.92 Å². The number of nitrogens with zero attached hydrogens (tertiary/aromatic N) is 3. The van der Waals surface area contributed by atoms with Crippen LogP contribution in [0.5, 0.6) is 0 Å². The zero-order chi connectivity index (χ0) is 19.2. The van der Waals surface area contributed by atoms with Crippen molar-refractivity contribution in [2.45, 2.75) is 70.6 Å². The smallest absolute Gasteiger partial charge is 0.410 e. The van der Waals surface area contributed by atoms with E-state index in [1.54, 1.807) is 6.20 Å². The van der Waals surface area contributed by atoms with Crippen molar-refractivity contribution >= 4 is 17.5 Å². The number of piperidine rings is 2. The molecule has 0 aliphatic carbocycles. The van der Waals surface area contributed by atoms with E-state index in [0.29, 0.717) is 18.4 Å². The van der Waals surface area contributed by atoms with Crippen molar-refractivity contribution in [3.05, 3.63) is 36.3 Å². The number of ether oxygens (including phenoxy) is 1. The van der Waals surface area contributed by atoms with E-state index in [4.69, 9.17) is 4.74 Å². The van der Waals surface area contributed by atoms with Gasteiger partial charge in [0.2, 0.25) is 0 Å². The van der Waals surface area contributed by atoms with Gasteiger partial charge in [0.15, 0.2) is 5.78 Å². The van der Waals surface area contributed by atoms with Gasteiger partial charge in [0.05, 0.1) is 0 Å². The number of imidazole rings is 1. The molecular weight excluding hydrogens is 342 g/mol. The van der Waals surface area contributed by atoms with Gasteiger partial charge in [-0.15, -0.1) is 0 Å². The summed E-state index contributed by atoms with van der Waals surface area (Å²) >= 11 is 0. The van der Waals surface area contributed by atoms with Crippen molar-refractivity contribution in [1.29, 1.82) is 0 Å². The molecule has 2 saturated heterocycles. The lowest BCUT2D eigenvalue weighted by Crippen LogP contribution is -2.56. The molecule has 2 atom stereocenters. The van der Waals surface area contributed by atoms with Crippen LogP contribution in [0.1, 0.15) is 63.2 Å². The predicted octanol–water partition coefficient (Wildman–Crippen LogP) is 4.09. The molecule has 6 nitrogen and oxygen atoms in total. The summed E-state index contributed by atoms with van der Waals surface area (Å²) in [7, 11) is 0. The summed E-state index contributed by atoms with van der Waals surface area (Å²) in [5, 5.41) is 0. The fraction of sp³-hybridized carbons (Fsp3) is 0.571. The Morgan fingerprint density at radius 3 is 2.52 bits per heavy atom. The minimum atomic E-state index is -0.502. The van der Waals surface area contributed by atoms with Crippen LogP contribution in [0, 0.1) is 5.92 Å². The maximum atomic E-state index is 13.1. The van der Waals surface area contributed by atoms with Gasteiger partial charge in [0, 0.05) is 42.2 Å². The van der Waals surface area contributed by atoms with Crippen LogP contribution in [0.25, 0.3) is 5.65 Å². The predicted molar refractivity (Wildman–Crippen MR) is 102 cm³/mol. The van der Waals surface area contributed by atoms with Crippen LogP contribution in [-0.4, -0.2) is 43.8 Å². The third-order valence-electron chi connectivity index (χ3n) is 5.63. The number of amides is 1. The van der Waals surface area contributed by atoms with Crippen molar-refractivity contribution in [3.8, 4) is 0 Å². The standard InChI is InChI=1S/C21H27N3O3/c1-21(2,3)27-20(26)24-16-5-4-6-17(24)12-15(11-16)19(25)14-7-9-23-10-8-22-18(23)13-14/h7-10,13,15-17H,4-6,11-12H2,1-3H3. The number of Topliss-reactive ketones (excluding diaryl/α,β-unsaturated/α-hetero) is 1. The molecule has 0 radical (unpaired) electrons. The quantitative estimate of drug-likeness (QED) is 0.748. The van der Waals surface area contributed by atoms with Crippen LogP contribution < -0.4 is 0 Å². The first kappa shape index (κ1) is 18.0. The highest BCUT2D eigenvalue weighted by atomic mass is 16.6. The van der Waals surface area contributed by atoms with E-state index in [2.05, 4.69) is 4.98 Å². The first-order valence-electron chi connectivity index (χ1n) is 9.80. The highest BCUT2D eigenvalue weighted by molar-refractivity contribution is 5.98. The number of hydrogen-bond acceptors (Lipinski definition) is 4. The Hall–Kier alpha value is -2.37. The lowest BCUT2D eigenvalue weighted by Gasteiger charge is -2.48. The van der Waals surface area contributed by atoms with Gasteiger partial charge < -0.3 is 14.0 Å². The van der Waals surface area contributed by atoms with E-state index in [9.17, 15) is 9.59 Å². The number of rotatable bonds is 2. The zero-order valence-corrected chi connectivity index (χ0v) is 16.2. The number of carbonyl (C=O) groups is 2. The summed E-state index contributed by atoms with van der Waals surface area (Å²) in [4.78, 5) is 32.0. The molecule has 2 bridgehead atoms. The molecule has 4 heterocycles. The summed E-state index contributed by atoms with van der Waals surface area (Å²) in [6, 6.07) is 3.92. The Morgan fingerprint density at radius 1 is 1.15 bits per heavy atom. The lowest BCUT2D eigenvalue weighted by molar-refractivity contribution is -0.0260. The molecule has 0 N–H and O–H groups in total. The number of carbonyl (C=O) groups excluding carboxylic acids is 2. The molecule has 0 saturated carbocycles. The number of hydrogen-bond donors (Lipinski definition) is 0. The zero-order valence-electron chi connectivity index (χ0n) is 16.2. The first-order valence-corrected chi connectivity index (χ1v) is 9.80. The van der Waals surface area contributed by atoms with Gasteiger partial charge in [-0.3, -0.25) is 4.79 Å². The third-order valence-corrected chi connectivity index (χ3v) is 5.63. The number of fused-ring (bicyclic) bond motifs is 3. The Balaban J connectivity index is 1.52. The summed E-state index contributed by atoms with van der Waals surface area (Å²) in [5.41, 5.74) is 0.993. The summed E-state index contributed by atoms with van der Waals surface area (Å²) < 4.78 is 7.52. The molecule has 2 fully saturated rings. The average molecular weight is 369 g/mol. The second-order valence-electron chi connectivity index (χ2n) is 8.77. The van der Waals surface area contributed by atoms with Gasteiger partial charge in [0.1, 0.15) is 11.2 Å². The van der Waals surface area contributed by atoms with Crippen molar-refractivity contribution in [2.75, 3.05) is 0 Å². The molecule has 2 unspecified atom stereocenters. The first-order chi connectivity index (χ1) is 12.8. The van der Waals surface area contributed by atoms with Crippen LogP contribution in [-0.2, 0) is 4.74 Å². The van der Waals surface area contributed by atoms with Gasteiger partial charge in [0.25, 0.3) is 0 Å². The van der Waals surface area contributed by atoms with Gasteiger partial charge in [-0.05, 0) is 65.0 Å². The molecule has 144 valence electrons. The van der Waals surface area contributed by atoms with Gasteiger partial charge in [-0.25, -0.2) is 9.78 Å². The number of pyridine rings is 1. The SMILES string of the molecule is CC(C)(C)OC(=O)N1C2CCCC1CC(C(=O)c1ccn3ccnc3c1)C2. The minimum absolute atomic E-state index is 0.0450. The topological polar surface area (TPSA) is 63.9 Å². The maximum Gasteiger partial charge on any atom is 0.410 e. The summed E-state index contributed by atoms with van der Waals surface area (Å²) in [5.74, 6) is 0.123. The lowest BCUT2D eigenvalue weighted by atomic mass is 9.76. The van der Waals surface area contributed by atoms with Gasteiger partial charge >= 0.3 is 6.09 Å². The van der Waals surface area contributed by atoms with Crippen LogP contribution in [0.15, 0.2) is 30.7 Å². The molecule has 6 heteroatoms. The van der Waals surface area contributed by atoms with E-state index in [-0.39, 0.29) is 29.9 Å². The second-order valence-corrected chi connectivity index (χ2v) is 8.77. The normalized spacial score (nSPS) is 25.4. The maximum absolute atomic E-state index is 13.1. The molecule has 0 spiro atoms. The molecule has 27 heavy (non-hydrogen) atoms. The van der Waals surface area contributed by atoms with Crippen molar-refractivity contribution < 1.29 is 14.3 Å². The molecule has 2 aliphatic heterocycles. The summed E-state index contributed by atoms with van der Waals surface area (Å²) in [6.45, 7) is 5.67. The van der Waals surface area contributed by atoms with E-state index < -0.39 is 5.60 Å². The summed E-state index contributed by atoms with van der Waals surface area (Å²) in [6.07, 6.45) is 9.67. The molecule has 2 aliphatic rings. The Morgan fingerprint density at radius 2 is 1.85 bits per heavy atom. The fourth-order valence-corrected chi connectivity index (χ4v) is 4.51. The monoisotopic (exact) mass is 369 g/mol. The van der Waals surface area contributed by atoms with E-state index in [1.165, 1.54) is 0 Å². The highest BCUT2D eigenvalue weighted by Gasteiger charge is 2.44. The Labute approximate surface area is 159 Å². The molecule has 1 amide bonds. The van der Waals surface area contributed by atoms with E-state index >= 15 is 0 Å². The third kappa shape index (κ3) is 3.57. The van der Waals surface area contributed by atoms with E-state index in [0.717, 1.165) is 24.9 Å². The Kier molecular flexibility index (Phi) is 4.44. The van der Waals surface area contributed by atoms with Crippen LogP contribution in [0.4, 0.5) is 4.79 Å². The largest absolute Gasteiger partial charge is 0.444 e. The minimum Gasteiger partial charge on any atom is -0.444 e. The van der Waals surface area contributed by atoms with Crippen molar-refractivity contribution in [3.63, 3.8) is 0 Å². The van der Waals surface area contributed by atoms with Gasteiger partial charge in [-0.2, -0.15) is 0 Å². The second kappa shape index (κ2) is 6.66.